The van der Waals surface area contributed by atoms with Gasteiger partial charge in [-0.3, -0.25) is 4.90 Å². The van der Waals surface area contributed by atoms with Gasteiger partial charge in [-0.25, -0.2) is 4.98 Å². The normalized spacial score (nSPS) is 11.4. The molecule has 2 heterocycles. The maximum atomic E-state index is 5.08. The topological polar surface area (TPSA) is 61.0 Å². The van der Waals surface area contributed by atoms with E-state index in [0.29, 0.717) is 6.61 Å². The van der Waals surface area contributed by atoms with Gasteiger partial charge in [-0.05, 0) is 7.05 Å². The van der Waals surface area contributed by atoms with Gasteiger partial charge < -0.3 is 13.9 Å². The molecule has 20 heavy (non-hydrogen) atoms. The molecule has 0 spiro atoms. The Kier molecular flexibility index (Phi) is 5.25. The maximum absolute atomic E-state index is 5.08. The summed E-state index contributed by atoms with van der Waals surface area (Å²) in [7, 11) is 5.80. The van der Waals surface area contributed by atoms with E-state index in [-0.39, 0.29) is 0 Å². The molecule has 2 aromatic heterocycles. The van der Waals surface area contributed by atoms with Crippen LogP contribution in [0.1, 0.15) is 11.6 Å². The molecule has 0 aromatic carbocycles. The van der Waals surface area contributed by atoms with Crippen molar-refractivity contribution >= 4 is 0 Å². The summed E-state index contributed by atoms with van der Waals surface area (Å²) in [6, 6.07) is 0. The second-order valence-corrected chi connectivity index (χ2v) is 4.88. The van der Waals surface area contributed by atoms with Gasteiger partial charge >= 0.3 is 0 Å². The van der Waals surface area contributed by atoms with Crippen LogP contribution in [-0.4, -0.2) is 56.5 Å². The zero-order valence-electron chi connectivity index (χ0n) is 12.4. The summed E-state index contributed by atoms with van der Waals surface area (Å²) in [5.41, 5.74) is 0. The van der Waals surface area contributed by atoms with E-state index in [4.69, 9.17) is 4.74 Å². The van der Waals surface area contributed by atoms with E-state index >= 15 is 0 Å². The fraction of sp³-hybridized carbons (Fsp3) is 0.615. The predicted octanol–water partition coefficient (Wildman–Crippen LogP) is 0.333. The summed E-state index contributed by atoms with van der Waals surface area (Å²) in [4.78, 5) is 6.55. The van der Waals surface area contributed by atoms with E-state index < -0.39 is 0 Å². The molecule has 0 fully saturated rings. The van der Waals surface area contributed by atoms with Crippen LogP contribution in [-0.2, 0) is 31.3 Å². The zero-order chi connectivity index (χ0) is 14.4. The third-order valence-corrected chi connectivity index (χ3v) is 3.28. The van der Waals surface area contributed by atoms with Gasteiger partial charge in [-0.1, -0.05) is 0 Å². The number of hydrogen-bond acceptors (Lipinski definition) is 5. The van der Waals surface area contributed by atoms with Crippen LogP contribution in [0.4, 0.5) is 0 Å². The minimum Gasteiger partial charge on any atom is -0.383 e. The quantitative estimate of drug-likeness (QED) is 0.696. The third kappa shape index (κ3) is 3.88. The average Bonchev–Trinajstić information content (AvgIpc) is 3.03. The SMILES string of the molecule is COCCn1cnnc1CN(C)CCc1nccn1C. The Bertz CT molecular complexity index is 520. The van der Waals surface area contributed by atoms with Gasteiger partial charge in [0.05, 0.1) is 13.2 Å². The van der Waals surface area contributed by atoms with Crippen molar-refractivity contribution in [1.82, 2.24) is 29.2 Å². The Labute approximate surface area is 119 Å². The smallest absolute Gasteiger partial charge is 0.147 e. The Morgan fingerprint density at radius 1 is 1.35 bits per heavy atom. The summed E-state index contributed by atoms with van der Waals surface area (Å²) in [5.74, 6) is 2.06. The molecule has 0 unspecified atom stereocenters. The average molecular weight is 278 g/mol. The van der Waals surface area contributed by atoms with Crippen LogP contribution >= 0.6 is 0 Å². The summed E-state index contributed by atoms with van der Waals surface area (Å²) in [5, 5.41) is 8.13. The number of rotatable bonds is 8. The van der Waals surface area contributed by atoms with E-state index in [2.05, 4.69) is 31.7 Å². The number of nitrogens with zero attached hydrogens (tertiary/aromatic N) is 6. The number of aromatic nitrogens is 5. The lowest BCUT2D eigenvalue weighted by molar-refractivity contribution is 0.184. The fourth-order valence-corrected chi connectivity index (χ4v) is 2.03. The number of aryl methyl sites for hydroxylation is 1. The Balaban J connectivity index is 1.83. The fourth-order valence-electron chi connectivity index (χ4n) is 2.03. The summed E-state index contributed by atoms with van der Waals surface area (Å²) in [6.07, 6.45) is 6.47. The van der Waals surface area contributed by atoms with Gasteiger partial charge in [0.2, 0.25) is 0 Å². The Morgan fingerprint density at radius 2 is 2.20 bits per heavy atom. The third-order valence-electron chi connectivity index (χ3n) is 3.28. The molecule has 0 bridgehead atoms. The van der Waals surface area contributed by atoms with E-state index in [9.17, 15) is 0 Å². The van der Waals surface area contributed by atoms with Crippen LogP contribution < -0.4 is 0 Å². The lowest BCUT2D eigenvalue weighted by atomic mass is 10.3. The molecular formula is C13H22N6O. The van der Waals surface area contributed by atoms with Crippen LogP contribution in [0.15, 0.2) is 18.7 Å². The molecule has 110 valence electrons. The molecule has 0 saturated carbocycles. The van der Waals surface area contributed by atoms with Gasteiger partial charge in [0, 0.05) is 46.1 Å². The molecule has 0 amide bonds. The number of ether oxygens (including phenoxy) is 1. The molecule has 7 nitrogen and oxygen atoms in total. The second-order valence-electron chi connectivity index (χ2n) is 4.88. The maximum Gasteiger partial charge on any atom is 0.147 e. The largest absolute Gasteiger partial charge is 0.383 e. The molecule has 0 aliphatic heterocycles. The van der Waals surface area contributed by atoms with Crippen molar-refractivity contribution < 1.29 is 4.74 Å². The highest BCUT2D eigenvalue weighted by Gasteiger charge is 2.09. The Morgan fingerprint density at radius 3 is 2.90 bits per heavy atom. The predicted molar refractivity (Wildman–Crippen MR) is 75.1 cm³/mol. The standard InChI is InChI=1S/C13H22N6O/c1-17(6-4-12-14-5-7-18(12)2)10-13-16-15-11-19(13)8-9-20-3/h5,7,11H,4,6,8-10H2,1-3H3. The van der Waals surface area contributed by atoms with Crippen molar-refractivity contribution in [1.29, 1.82) is 0 Å². The molecule has 7 heteroatoms. The summed E-state index contributed by atoms with van der Waals surface area (Å²) >= 11 is 0. The van der Waals surface area contributed by atoms with E-state index in [0.717, 1.165) is 37.7 Å². The van der Waals surface area contributed by atoms with Gasteiger partial charge in [0.1, 0.15) is 18.0 Å². The minimum absolute atomic E-state index is 0.669. The molecule has 0 aliphatic rings. The van der Waals surface area contributed by atoms with Crippen LogP contribution in [0.25, 0.3) is 0 Å². The number of methoxy groups -OCH3 is 1. The molecule has 2 rings (SSSR count). The zero-order valence-corrected chi connectivity index (χ0v) is 12.4. The van der Waals surface area contributed by atoms with Crippen molar-refractivity contribution in [2.45, 2.75) is 19.5 Å². The van der Waals surface area contributed by atoms with E-state index in [1.165, 1.54) is 0 Å². The first-order chi connectivity index (χ1) is 9.70. The monoisotopic (exact) mass is 278 g/mol. The van der Waals surface area contributed by atoms with Gasteiger partial charge in [-0.15, -0.1) is 10.2 Å². The first-order valence-electron chi connectivity index (χ1n) is 6.71. The van der Waals surface area contributed by atoms with Crippen molar-refractivity contribution in [3.8, 4) is 0 Å². The number of likely N-dealkylation sites (N-methyl/N-ethyl adjacent to an activating group) is 1. The number of imidazole rings is 1. The molecular weight excluding hydrogens is 256 g/mol. The lowest BCUT2D eigenvalue weighted by Crippen LogP contribution is -2.24. The highest BCUT2D eigenvalue weighted by molar-refractivity contribution is 4.92. The first kappa shape index (κ1) is 14.7. The highest BCUT2D eigenvalue weighted by atomic mass is 16.5. The lowest BCUT2D eigenvalue weighted by Gasteiger charge is -2.16. The van der Waals surface area contributed by atoms with Crippen LogP contribution in [0.2, 0.25) is 0 Å². The number of hydrogen-bond donors (Lipinski definition) is 0. The van der Waals surface area contributed by atoms with Crippen molar-refractivity contribution in [3.05, 3.63) is 30.4 Å². The minimum atomic E-state index is 0.669. The molecule has 0 radical (unpaired) electrons. The molecule has 0 atom stereocenters. The molecule has 2 aromatic rings. The second kappa shape index (κ2) is 7.16. The molecule has 0 saturated heterocycles. The summed E-state index contributed by atoms with van der Waals surface area (Å²) in [6.45, 7) is 3.16. The van der Waals surface area contributed by atoms with Gasteiger partial charge in [-0.2, -0.15) is 0 Å². The molecule has 0 N–H and O–H groups in total. The van der Waals surface area contributed by atoms with Crippen LogP contribution in [0, 0.1) is 0 Å². The van der Waals surface area contributed by atoms with Crippen molar-refractivity contribution in [3.63, 3.8) is 0 Å². The van der Waals surface area contributed by atoms with Crippen LogP contribution in [0.3, 0.4) is 0 Å². The molecule has 0 aliphatic carbocycles. The van der Waals surface area contributed by atoms with E-state index in [1.807, 2.05) is 24.0 Å². The first-order valence-corrected chi connectivity index (χ1v) is 6.71. The van der Waals surface area contributed by atoms with E-state index in [1.54, 1.807) is 13.4 Å². The Hall–Kier alpha value is -1.73. The van der Waals surface area contributed by atoms with Crippen molar-refractivity contribution in [2.24, 2.45) is 7.05 Å². The highest BCUT2D eigenvalue weighted by Crippen LogP contribution is 2.02. The van der Waals surface area contributed by atoms with Gasteiger partial charge in [0.25, 0.3) is 0 Å². The van der Waals surface area contributed by atoms with Gasteiger partial charge in [0.15, 0.2) is 0 Å². The summed E-state index contributed by atoms with van der Waals surface area (Å²) < 4.78 is 9.16. The van der Waals surface area contributed by atoms with Crippen molar-refractivity contribution in [2.75, 3.05) is 27.3 Å². The van der Waals surface area contributed by atoms with Crippen LogP contribution in [0.5, 0.6) is 0 Å².